The predicted octanol–water partition coefficient (Wildman–Crippen LogP) is -0.877. The standard InChI is InChI=1S/C10H14O7/c1-10(2)16-7-5-4(15-9(7)17-10)6(13-3-11)8(12)14-5/h4-7,9,11H,3H2,1-2H3. The first kappa shape index (κ1) is 11.4. The maximum atomic E-state index is 11.5. The van der Waals surface area contributed by atoms with Crippen LogP contribution in [0.15, 0.2) is 0 Å². The average molecular weight is 246 g/mol. The number of carbonyl (C=O) groups is 1. The average Bonchev–Trinajstić information content (AvgIpc) is 2.78. The Morgan fingerprint density at radius 1 is 1.29 bits per heavy atom. The molecule has 0 aromatic carbocycles. The summed E-state index contributed by atoms with van der Waals surface area (Å²) in [6.07, 6.45) is -3.03. The lowest BCUT2D eigenvalue weighted by Crippen LogP contribution is -2.36. The van der Waals surface area contributed by atoms with E-state index in [-0.39, 0.29) is 0 Å². The minimum absolute atomic E-state index is 0.439. The summed E-state index contributed by atoms with van der Waals surface area (Å²) in [4.78, 5) is 11.5. The van der Waals surface area contributed by atoms with Gasteiger partial charge in [0.05, 0.1) is 0 Å². The molecule has 5 atom stereocenters. The van der Waals surface area contributed by atoms with Gasteiger partial charge in [0.15, 0.2) is 30.4 Å². The van der Waals surface area contributed by atoms with Crippen molar-refractivity contribution in [2.45, 2.75) is 50.3 Å². The Morgan fingerprint density at radius 2 is 2.06 bits per heavy atom. The normalized spacial score (nSPS) is 46.8. The van der Waals surface area contributed by atoms with Crippen molar-refractivity contribution in [3.05, 3.63) is 0 Å². The van der Waals surface area contributed by atoms with E-state index >= 15 is 0 Å². The quantitative estimate of drug-likeness (QED) is 0.500. The number of hydrogen-bond acceptors (Lipinski definition) is 7. The van der Waals surface area contributed by atoms with Crippen LogP contribution in [0, 0.1) is 0 Å². The maximum Gasteiger partial charge on any atom is 0.338 e. The molecule has 3 aliphatic rings. The van der Waals surface area contributed by atoms with Crippen molar-refractivity contribution in [3.63, 3.8) is 0 Å². The number of fused-ring (bicyclic) bond motifs is 3. The Kier molecular flexibility index (Phi) is 2.43. The van der Waals surface area contributed by atoms with Gasteiger partial charge in [-0.2, -0.15) is 0 Å². The van der Waals surface area contributed by atoms with Gasteiger partial charge >= 0.3 is 5.97 Å². The molecule has 0 aromatic rings. The van der Waals surface area contributed by atoms with E-state index in [1.807, 2.05) is 0 Å². The Bertz CT molecular complexity index is 342. The SMILES string of the molecule is CC1(C)OC2OC3C(OCO)C(=O)OC3C2O1. The van der Waals surface area contributed by atoms with E-state index < -0.39 is 49.3 Å². The molecule has 5 unspecified atom stereocenters. The highest BCUT2D eigenvalue weighted by Crippen LogP contribution is 2.42. The van der Waals surface area contributed by atoms with Gasteiger partial charge in [0.1, 0.15) is 12.9 Å². The van der Waals surface area contributed by atoms with E-state index in [2.05, 4.69) is 0 Å². The summed E-state index contributed by atoms with van der Waals surface area (Å²) in [6.45, 7) is 2.97. The second kappa shape index (κ2) is 3.63. The number of aliphatic hydroxyl groups is 1. The molecule has 17 heavy (non-hydrogen) atoms. The molecule has 1 N–H and O–H groups in total. The number of hydrogen-bond donors (Lipinski definition) is 1. The minimum atomic E-state index is -0.911. The molecule has 3 rings (SSSR count). The molecule has 0 saturated carbocycles. The van der Waals surface area contributed by atoms with Crippen molar-refractivity contribution in [3.8, 4) is 0 Å². The second-order valence-electron chi connectivity index (χ2n) is 4.69. The van der Waals surface area contributed by atoms with E-state index in [9.17, 15) is 4.79 Å². The fourth-order valence-corrected chi connectivity index (χ4v) is 2.46. The van der Waals surface area contributed by atoms with E-state index in [0.717, 1.165) is 0 Å². The number of aliphatic hydroxyl groups excluding tert-OH is 1. The van der Waals surface area contributed by atoms with Crippen LogP contribution in [0.5, 0.6) is 0 Å². The summed E-state index contributed by atoms with van der Waals surface area (Å²) in [6, 6.07) is 0. The number of ether oxygens (including phenoxy) is 5. The van der Waals surface area contributed by atoms with Crippen LogP contribution >= 0.6 is 0 Å². The first-order chi connectivity index (χ1) is 8.02. The maximum absolute atomic E-state index is 11.5. The third-order valence-corrected chi connectivity index (χ3v) is 3.06. The fourth-order valence-electron chi connectivity index (χ4n) is 2.46. The van der Waals surface area contributed by atoms with Gasteiger partial charge in [0.25, 0.3) is 0 Å². The Labute approximate surface area is 97.5 Å². The molecule has 96 valence electrons. The van der Waals surface area contributed by atoms with Gasteiger partial charge in [-0.05, 0) is 13.8 Å². The second-order valence-corrected chi connectivity index (χ2v) is 4.69. The van der Waals surface area contributed by atoms with Crippen LogP contribution in [0.4, 0.5) is 0 Å². The zero-order valence-electron chi connectivity index (χ0n) is 9.49. The lowest BCUT2D eigenvalue weighted by Gasteiger charge is -2.21. The lowest BCUT2D eigenvalue weighted by atomic mass is 10.1. The highest BCUT2D eigenvalue weighted by Gasteiger charge is 2.63. The van der Waals surface area contributed by atoms with E-state index in [0.29, 0.717) is 0 Å². The summed E-state index contributed by atoms with van der Waals surface area (Å²) in [5, 5.41) is 8.70. The van der Waals surface area contributed by atoms with E-state index in [4.69, 9.17) is 28.8 Å². The molecular formula is C10H14O7. The Balaban J connectivity index is 1.77. The van der Waals surface area contributed by atoms with Crippen molar-refractivity contribution in [2.24, 2.45) is 0 Å². The van der Waals surface area contributed by atoms with Gasteiger partial charge in [-0.15, -0.1) is 0 Å². The minimum Gasteiger partial charge on any atom is -0.454 e. The number of rotatable bonds is 2. The van der Waals surface area contributed by atoms with Crippen molar-refractivity contribution in [1.82, 2.24) is 0 Å². The van der Waals surface area contributed by atoms with Crippen molar-refractivity contribution in [2.75, 3.05) is 6.79 Å². The van der Waals surface area contributed by atoms with Gasteiger partial charge in [-0.1, -0.05) is 0 Å². The van der Waals surface area contributed by atoms with Crippen LogP contribution in [-0.4, -0.2) is 54.4 Å². The van der Waals surface area contributed by atoms with E-state index in [1.54, 1.807) is 13.8 Å². The van der Waals surface area contributed by atoms with Gasteiger partial charge in [-0.3, -0.25) is 0 Å². The molecule has 0 amide bonds. The molecule has 3 saturated heterocycles. The number of carbonyl (C=O) groups excluding carboxylic acids is 1. The number of esters is 1. The highest BCUT2D eigenvalue weighted by atomic mass is 16.9. The van der Waals surface area contributed by atoms with Crippen LogP contribution in [0.2, 0.25) is 0 Å². The van der Waals surface area contributed by atoms with Crippen LogP contribution in [-0.2, 0) is 28.5 Å². The van der Waals surface area contributed by atoms with Gasteiger partial charge in [0.2, 0.25) is 0 Å². The zero-order valence-corrected chi connectivity index (χ0v) is 9.49. The molecule has 0 aliphatic carbocycles. The molecule has 0 bridgehead atoms. The topological polar surface area (TPSA) is 83.5 Å². The fraction of sp³-hybridized carbons (Fsp3) is 0.900. The van der Waals surface area contributed by atoms with Crippen molar-refractivity contribution < 1.29 is 33.6 Å². The molecule has 3 heterocycles. The first-order valence-electron chi connectivity index (χ1n) is 5.46. The van der Waals surface area contributed by atoms with Gasteiger partial charge in [-0.25, -0.2) is 4.79 Å². The molecular weight excluding hydrogens is 232 g/mol. The first-order valence-corrected chi connectivity index (χ1v) is 5.46. The van der Waals surface area contributed by atoms with Crippen molar-refractivity contribution in [1.29, 1.82) is 0 Å². The van der Waals surface area contributed by atoms with Gasteiger partial charge in [0, 0.05) is 0 Å². The largest absolute Gasteiger partial charge is 0.454 e. The summed E-state index contributed by atoms with van der Waals surface area (Å²) in [5.41, 5.74) is 0. The third kappa shape index (κ3) is 1.66. The van der Waals surface area contributed by atoms with Crippen LogP contribution in [0.3, 0.4) is 0 Å². The van der Waals surface area contributed by atoms with Crippen molar-refractivity contribution >= 4 is 5.97 Å². The van der Waals surface area contributed by atoms with Gasteiger partial charge < -0.3 is 28.8 Å². The Hall–Kier alpha value is -0.730. The zero-order chi connectivity index (χ0) is 12.2. The summed E-state index contributed by atoms with van der Waals surface area (Å²) >= 11 is 0. The predicted molar refractivity (Wildman–Crippen MR) is 50.5 cm³/mol. The molecule has 7 heteroatoms. The molecule has 3 fully saturated rings. The molecule has 3 aliphatic heterocycles. The smallest absolute Gasteiger partial charge is 0.338 e. The molecule has 0 aromatic heterocycles. The highest BCUT2D eigenvalue weighted by molar-refractivity contribution is 5.78. The Morgan fingerprint density at radius 3 is 2.76 bits per heavy atom. The third-order valence-electron chi connectivity index (χ3n) is 3.06. The molecule has 0 radical (unpaired) electrons. The molecule has 7 nitrogen and oxygen atoms in total. The summed E-state index contributed by atoms with van der Waals surface area (Å²) in [7, 11) is 0. The summed E-state index contributed by atoms with van der Waals surface area (Å²) in [5.74, 6) is -1.29. The summed E-state index contributed by atoms with van der Waals surface area (Å²) < 4.78 is 26.7. The van der Waals surface area contributed by atoms with E-state index in [1.165, 1.54) is 0 Å². The lowest BCUT2D eigenvalue weighted by molar-refractivity contribution is -0.219. The van der Waals surface area contributed by atoms with Crippen LogP contribution < -0.4 is 0 Å². The molecule has 0 spiro atoms. The van der Waals surface area contributed by atoms with Crippen LogP contribution in [0.1, 0.15) is 13.8 Å². The van der Waals surface area contributed by atoms with Crippen LogP contribution in [0.25, 0.3) is 0 Å². The monoisotopic (exact) mass is 246 g/mol.